The van der Waals surface area contributed by atoms with Gasteiger partial charge in [-0.05, 0) is 42.4 Å². The molecule has 0 fully saturated rings. The SMILES string of the molecule is CCNCc1cc(F)cc(Sc2ccc(Cl)cn2)c1. The summed E-state index contributed by atoms with van der Waals surface area (Å²) < 4.78 is 13.5. The predicted octanol–water partition coefficient (Wildman–Crippen LogP) is 4.13. The molecule has 2 rings (SSSR count). The van der Waals surface area contributed by atoms with Crippen molar-refractivity contribution in [3.05, 3.63) is 52.9 Å². The van der Waals surface area contributed by atoms with Crippen LogP contribution in [0.4, 0.5) is 4.39 Å². The maximum Gasteiger partial charge on any atom is 0.124 e. The molecule has 2 aromatic rings. The minimum Gasteiger partial charge on any atom is -0.313 e. The average Bonchev–Trinajstić information content (AvgIpc) is 2.38. The number of nitrogens with zero attached hydrogens (tertiary/aromatic N) is 1. The van der Waals surface area contributed by atoms with E-state index in [1.54, 1.807) is 18.3 Å². The first kappa shape index (κ1) is 14.3. The van der Waals surface area contributed by atoms with E-state index in [4.69, 9.17) is 11.6 Å². The maximum atomic E-state index is 13.5. The molecule has 0 aliphatic heterocycles. The number of rotatable bonds is 5. The second-order valence-corrected chi connectivity index (χ2v) is 5.52. The highest BCUT2D eigenvalue weighted by atomic mass is 35.5. The molecular weight excluding hydrogens is 283 g/mol. The third-order valence-corrected chi connectivity index (χ3v) is 3.58. The Morgan fingerprint density at radius 3 is 2.84 bits per heavy atom. The standard InChI is InChI=1S/C14H14ClFN2S/c1-2-17-8-10-5-12(16)7-13(6-10)19-14-4-3-11(15)9-18-14/h3-7,9,17H,2,8H2,1H3. The molecular formula is C14H14ClFN2S. The van der Waals surface area contributed by atoms with E-state index in [2.05, 4.69) is 10.3 Å². The second-order valence-electron chi connectivity index (χ2n) is 3.99. The topological polar surface area (TPSA) is 24.9 Å². The van der Waals surface area contributed by atoms with Crippen molar-refractivity contribution in [2.45, 2.75) is 23.4 Å². The molecule has 1 N–H and O–H groups in total. The van der Waals surface area contributed by atoms with Gasteiger partial charge in [-0.1, -0.05) is 30.3 Å². The van der Waals surface area contributed by atoms with Gasteiger partial charge in [0, 0.05) is 17.6 Å². The van der Waals surface area contributed by atoms with Crippen LogP contribution in [0, 0.1) is 5.82 Å². The second kappa shape index (κ2) is 6.89. The molecule has 0 atom stereocenters. The lowest BCUT2D eigenvalue weighted by atomic mass is 10.2. The first-order valence-electron chi connectivity index (χ1n) is 5.97. The van der Waals surface area contributed by atoms with Crippen LogP contribution in [0.25, 0.3) is 0 Å². The highest BCUT2D eigenvalue weighted by Gasteiger charge is 2.04. The molecule has 0 bridgehead atoms. The van der Waals surface area contributed by atoms with Gasteiger partial charge < -0.3 is 5.32 Å². The van der Waals surface area contributed by atoms with Crippen molar-refractivity contribution in [1.82, 2.24) is 10.3 Å². The van der Waals surface area contributed by atoms with Crippen LogP contribution >= 0.6 is 23.4 Å². The predicted molar refractivity (Wildman–Crippen MR) is 77.2 cm³/mol. The first-order valence-corrected chi connectivity index (χ1v) is 7.16. The summed E-state index contributed by atoms with van der Waals surface area (Å²) in [6.07, 6.45) is 1.59. The van der Waals surface area contributed by atoms with Gasteiger partial charge in [0.2, 0.25) is 0 Å². The molecule has 1 aromatic heterocycles. The van der Waals surface area contributed by atoms with Gasteiger partial charge in [-0.3, -0.25) is 0 Å². The molecule has 0 amide bonds. The zero-order valence-corrected chi connectivity index (χ0v) is 12.1. The van der Waals surface area contributed by atoms with E-state index in [1.165, 1.54) is 17.8 Å². The molecule has 100 valence electrons. The third kappa shape index (κ3) is 4.49. The summed E-state index contributed by atoms with van der Waals surface area (Å²) in [5.74, 6) is -0.230. The molecule has 0 spiro atoms. The molecule has 2 nitrogen and oxygen atoms in total. The Morgan fingerprint density at radius 1 is 1.32 bits per heavy atom. The molecule has 0 saturated carbocycles. The van der Waals surface area contributed by atoms with Gasteiger partial charge >= 0.3 is 0 Å². The highest BCUT2D eigenvalue weighted by molar-refractivity contribution is 7.99. The lowest BCUT2D eigenvalue weighted by Crippen LogP contribution is -2.11. The molecule has 0 radical (unpaired) electrons. The lowest BCUT2D eigenvalue weighted by Gasteiger charge is -2.06. The Bertz CT molecular complexity index is 546. The van der Waals surface area contributed by atoms with Gasteiger partial charge in [-0.15, -0.1) is 0 Å². The summed E-state index contributed by atoms with van der Waals surface area (Å²) in [6.45, 7) is 3.54. The summed E-state index contributed by atoms with van der Waals surface area (Å²) in [5.41, 5.74) is 0.929. The van der Waals surface area contributed by atoms with Crippen molar-refractivity contribution in [2.75, 3.05) is 6.54 Å². The van der Waals surface area contributed by atoms with Gasteiger partial charge in [0.05, 0.1) is 5.02 Å². The van der Waals surface area contributed by atoms with Crippen molar-refractivity contribution in [3.8, 4) is 0 Å². The lowest BCUT2D eigenvalue weighted by molar-refractivity contribution is 0.617. The van der Waals surface area contributed by atoms with Crippen LogP contribution in [-0.4, -0.2) is 11.5 Å². The van der Waals surface area contributed by atoms with E-state index in [1.807, 2.05) is 19.1 Å². The summed E-state index contributed by atoms with van der Waals surface area (Å²) in [5, 5.41) is 4.57. The van der Waals surface area contributed by atoms with Crippen molar-refractivity contribution in [3.63, 3.8) is 0 Å². The van der Waals surface area contributed by atoms with Crippen molar-refractivity contribution >= 4 is 23.4 Å². The van der Waals surface area contributed by atoms with Gasteiger partial charge in [-0.25, -0.2) is 9.37 Å². The number of nitrogens with one attached hydrogen (secondary N) is 1. The Balaban J connectivity index is 2.15. The first-order chi connectivity index (χ1) is 9.17. The van der Waals surface area contributed by atoms with E-state index >= 15 is 0 Å². The van der Waals surface area contributed by atoms with Crippen LogP contribution in [0.15, 0.2) is 46.5 Å². The molecule has 0 unspecified atom stereocenters. The number of hydrogen-bond acceptors (Lipinski definition) is 3. The van der Waals surface area contributed by atoms with Crippen LogP contribution in [0.3, 0.4) is 0 Å². The summed E-state index contributed by atoms with van der Waals surface area (Å²) in [7, 11) is 0. The normalized spacial score (nSPS) is 10.7. The molecule has 0 aliphatic rings. The minimum absolute atomic E-state index is 0.230. The zero-order valence-electron chi connectivity index (χ0n) is 10.5. The third-order valence-electron chi connectivity index (χ3n) is 2.43. The van der Waals surface area contributed by atoms with E-state index in [-0.39, 0.29) is 5.82 Å². The fraction of sp³-hybridized carbons (Fsp3) is 0.214. The molecule has 19 heavy (non-hydrogen) atoms. The van der Waals surface area contributed by atoms with E-state index < -0.39 is 0 Å². The Hall–Kier alpha value is -1.10. The Labute approximate surface area is 121 Å². The van der Waals surface area contributed by atoms with Crippen LogP contribution in [0.2, 0.25) is 5.02 Å². The van der Waals surface area contributed by atoms with Crippen LogP contribution in [0.1, 0.15) is 12.5 Å². The quantitative estimate of drug-likeness (QED) is 0.898. The van der Waals surface area contributed by atoms with Gasteiger partial charge in [0.1, 0.15) is 10.8 Å². The van der Waals surface area contributed by atoms with Crippen molar-refractivity contribution < 1.29 is 4.39 Å². The molecule has 1 aromatic carbocycles. The number of aromatic nitrogens is 1. The summed E-state index contributed by atoms with van der Waals surface area (Å²) in [4.78, 5) is 5.02. The number of pyridine rings is 1. The largest absolute Gasteiger partial charge is 0.313 e. The average molecular weight is 297 g/mol. The zero-order chi connectivity index (χ0) is 13.7. The Morgan fingerprint density at radius 2 is 2.16 bits per heavy atom. The van der Waals surface area contributed by atoms with Crippen molar-refractivity contribution in [1.29, 1.82) is 0 Å². The smallest absolute Gasteiger partial charge is 0.124 e. The maximum absolute atomic E-state index is 13.5. The van der Waals surface area contributed by atoms with E-state index in [0.717, 1.165) is 22.0 Å². The van der Waals surface area contributed by atoms with E-state index in [0.29, 0.717) is 11.6 Å². The van der Waals surface area contributed by atoms with Gasteiger partial charge in [-0.2, -0.15) is 0 Å². The number of hydrogen-bond donors (Lipinski definition) is 1. The molecule has 0 saturated heterocycles. The number of halogens is 2. The van der Waals surface area contributed by atoms with E-state index in [9.17, 15) is 4.39 Å². The van der Waals surface area contributed by atoms with Gasteiger partial charge in [0.25, 0.3) is 0 Å². The summed E-state index contributed by atoms with van der Waals surface area (Å²) >= 11 is 7.20. The van der Waals surface area contributed by atoms with Crippen LogP contribution in [-0.2, 0) is 6.54 Å². The van der Waals surface area contributed by atoms with Crippen LogP contribution < -0.4 is 5.32 Å². The molecule has 0 aliphatic carbocycles. The van der Waals surface area contributed by atoms with Crippen molar-refractivity contribution in [2.24, 2.45) is 0 Å². The fourth-order valence-corrected chi connectivity index (χ4v) is 2.57. The summed E-state index contributed by atoms with van der Waals surface area (Å²) in [6, 6.07) is 8.61. The molecule has 1 heterocycles. The fourth-order valence-electron chi connectivity index (χ4n) is 1.59. The number of benzene rings is 1. The monoisotopic (exact) mass is 296 g/mol. The minimum atomic E-state index is -0.230. The molecule has 5 heteroatoms. The van der Waals surface area contributed by atoms with Crippen LogP contribution in [0.5, 0.6) is 0 Å². The van der Waals surface area contributed by atoms with Gasteiger partial charge in [0.15, 0.2) is 0 Å². The highest BCUT2D eigenvalue weighted by Crippen LogP contribution is 2.28. The Kier molecular flexibility index (Phi) is 5.19.